The minimum absolute atomic E-state index is 0.0653. The number of hydrogen-bond acceptors (Lipinski definition) is 4. The number of carboxylic acid groups (broad SMARTS) is 1. The van der Waals surface area contributed by atoms with Crippen LogP contribution in [0.15, 0.2) is 66.7 Å². The quantitative estimate of drug-likeness (QED) is 0.227. The molecule has 0 aliphatic heterocycles. The van der Waals surface area contributed by atoms with Crippen LogP contribution in [-0.2, 0) is 23.2 Å². The Bertz CT molecular complexity index is 1540. The fourth-order valence-corrected chi connectivity index (χ4v) is 5.38. The first kappa shape index (κ1) is 27.4. The van der Waals surface area contributed by atoms with Crippen molar-refractivity contribution in [2.24, 2.45) is 0 Å². The second kappa shape index (κ2) is 11.1. The molecule has 8 heteroatoms. The molecule has 0 spiro atoms. The molecule has 208 valence electrons. The molecule has 0 fully saturated rings. The third kappa shape index (κ3) is 5.58. The van der Waals surface area contributed by atoms with E-state index in [4.69, 9.17) is 4.74 Å². The van der Waals surface area contributed by atoms with Gasteiger partial charge in [0, 0.05) is 0 Å². The number of carbonyl (C=O) groups is 2. The smallest absolute Gasteiger partial charge is 0.432 e. The van der Waals surface area contributed by atoms with Crippen LogP contribution < -0.4 is 10.6 Å². The van der Waals surface area contributed by atoms with Gasteiger partial charge in [0.2, 0.25) is 0 Å². The Morgan fingerprint density at radius 1 is 1.10 bits per heavy atom. The van der Waals surface area contributed by atoms with E-state index in [0.717, 1.165) is 28.7 Å². The van der Waals surface area contributed by atoms with Crippen molar-refractivity contribution >= 4 is 28.7 Å². The van der Waals surface area contributed by atoms with E-state index in [9.17, 15) is 14.7 Å². The van der Waals surface area contributed by atoms with E-state index in [-0.39, 0.29) is 17.5 Å². The summed E-state index contributed by atoms with van der Waals surface area (Å²) in [6.45, 7) is 8.92. The van der Waals surface area contributed by atoms with Gasteiger partial charge in [-0.25, -0.2) is 9.59 Å². The molecular weight excluding hydrogens is 504 g/mol. The van der Waals surface area contributed by atoms with E-state index in [1.165, 1.54) is 11.1 Å². The van der Waals surface area contributed by atoms with E-state index in [1.54, 1.807) is 18.2 Å². The molecule has 1 aliphatic rings. The van der Waals surface area contributed by atoms with Crippen LogP contribution in [0.1, 0.15) is 80.6 Å². The zero-order valence-corrected chi connectivity index (χ0v) is 23.4. The number of ether oxygens (including phenoxy) is 1. The van der Waals surface area contributed by atoms with Crippen molar-refractivity contribution in [2.45, 2.75) is 71.1 Å². The summed E-state index contributed by atoms with van der Waals surface area (Å²) in [6, 6.07) is 21.0. The number of benzene rings is 3. The van der Waals surface area contributed by atoms with Gasteiger partial charge in [-0.2, -0.15) is 9.78 Å². The highest BCUT2D eigenvalue weighted by Gasteiger charge is 2.28. The molecule has 4 aromatic rings. The molecule has 3 N–H and O–H groups in total. The molecule has 1 heterocycles. The van der Waals surface area contributed by atoms with Gasteiger partial charge in [0.15, 0.2) is 0 Å². The second-order valence-electron chi connectivity index (χ2n) is 11.3. The fraction of sp³-hybridized carbons (Fsp3) is 0.344. The molecule has 0 bridgehead atoms. The summed E-state index contributed by atoms with van der Waals surface area (Å²) in [5.74, 6) is 0. The largest absolute Gasteiger partial charge is 0.463 e. The lowest BCUT2D eigenvalue weighted by Crippen LogP contribution is -2.31. The van der Waals surface area contributed by atoms with Gasteiger partial charge in [-0.3, -0.25) is 0 Å². The van der Waals surface area contributed by atoms with E-state index in [1.807, 2.05) is 37.3 Å². The van der Waals surface area contributed by atoms with E-state index >= 15 is 0 Å². The predicted octanol–water partition coefficient (Wildman–Crippen LogP) is 7.34. The normalized spacial score (nSPS) is 15.6. The number of urea groups is 1. The van der Waals surface area contributed by atoms with Crippen molar-refractivity contribution in [3.8, 4) is 0 Å². The lowest BCUT2D eigenvalue weighted by Gasteiger charge is -2.21. The fourth-order valence-electron chi connectivity index (χ4n) is 5.38. The molecule has 40 heavy (non-hydrogen) atoms. The molecule has 2 unspecified atom stereocenters. The standard InChI is InChI=1S/C32H36N4O4/c1-5-27(40-19-20-10-7-6-8-11-20)29-28-25(12-9-13-26(28)36(35-29)31(38)39)34-30(37)33-24-17-14-21-18-22(32(2,3)4)15-16-23(21)24/h6-13,15-16,18,24,27H,5,14,17,19H2,1-4H3,(H,38,39)(H2,33,34,37). The Hall–Kier alpha value is -4.17. The zero-order valence-electron chi connectivity index (χ0n) is 23.4. The van der Waals surface area contributed by atoms with Crippen LogP contribution in [0.5, 0.6) is 0 Å². The first-order valence-corrected chi connectivity index (χ1v) is 13.8. The minimum atomic E-state index is -1.20. The highest BCUT2D eigenvalue weighted by atomic mass is 16.5. The van der Waals surface area contributed by atoms with E-state index in [2.05, 4.69) is 54.7 Å². The summed E-state index contributed by atoms with van der Waals surface area (Å²) in [5, 5.41) is 20.9. The Morgan fingerprint density at radius 2 is 1.88 bits per heavy atom. The van der Waals surface area contributed by atoms with E-state index < -0.39 is 12.2 Å². The van der Waals surface area contributed by atoms with Crippen molar-refractivity contribution in [2.75, 3.05) is 5.32 Å². The number of aryl methyl sites for hydroxylation is 1. The van der Waals surface area contributed by atoms with Gasteiger partial charge in [-0.1, -0.05) is 82.3 Å². The number of fused-ring (bicyclic) bond motifs is 2. The molecule has 0 radical (unpaired) electrons. The Kier molecular flexibility index (Phi) is 7.63. The van der Waals surface area contributed by atoms with Crippen molar-refractivity contribution in [1.29, 1.82) is 0 Å². The average Bonchev–Trinajstić information content (AvgIpc) is 3.51. The average molecular weight is 541 g/mol. The van der Waals surface area contributed by atoms with Crippen LogP contribution in [0.2, 0.25) is 0 Å². The van der Waals surface area contributed by atoms with Crippen LogP contribution in [0.4, 0.5) is 15.3 Å². The summed E-state index contributed by atoms with van der Waals surface area (Å²) in [5.41, 5.74) is 6.12. The van der Waals surface area contributed by atoms with Gasteiger partial charge in [0.1, 0.15) is 11.8 Å². The Morgan fingerprint density at radius 3 is 2.58 bits per heavy atom. The van der Waals surface area contributed by atoms with Crippen LogP contribution >= 0.6 is 0 Å². The minimum Gasteiger partial charge on any atom is -0.463 e. The maximum absolute atomic E-state index is 13.3. The Labute approximate surface area is 234 Å². The van der Waals surface area contributed by atoms with Gasteiger partial charge < -0.3 is 20.5 Å². The number of nitrogens with zero attached hydrogens (tertiary/aromatic N) is 2. The van der Waals surface area contributed by atoms with Gasteiger partial charge in [-0.05, 0) is 59.1 Å². The van der Waals surface area contributed by atoms with Gasteiger partial charge >= 0.3 is 12.1 Å². The van der Waals surface area contributed by atoms with E-state index in [0.29, 0.717) is 35.3 Å². The molecule has 2 amide bonds. The number of amides is 2. The number of aromatic nitrogens is 2. The lowest BCUT2D eigenvalue weighted by atomic mass is 9.85. The van der Waals surface area contributed by atoms with Crippen molar-refractivity contribution in [3.63, 3.8) is 0 Å². The molecule has 8 nitrogen and oxygen atoms in total. The van der Waals surface area contributed by atoms with Crippen LogP contribution in [0.25, 0.3) is 10.9 Å². The van der Waals surface area contributed by atoms with Crippen LogP contribution in [-0.4, -0.2) is 27.0 Å². The molecule has 0 saturated heterocycles. The topological polar surface area (TPSA) is 105 Å². The summed E-state index contributed by atoms with van der Waals surface area (Å²) >= 11 is 0. The van der Waals surface area contributed by atoms with Gasteiger partial charge in [0.25, 0.3) is 0 Å². The second-order valence-corrected chi connectivity index (χ2v) is 11.3. The summed E-state index contributed by atoms with van der Waals surface area (Å²) < 4.78 is 7.15. The first-order valence-electron chi connectivity index (χ1n) is 13.8. The summed E-state index contributed by atoms with van der Waals surface area (Å²) in [7, 11) is 0. The van der Waals surface area contributed by atoms with Crippen molar-refractivity contribution < 1.29 is 19.4 Å². The summed E-state index contributed by atoms with van der Waals surface area (Å²) in [4.78, 5) is 25.3. The third-order valence-corrected chi connectivity index (χ3v) is 7.53. The highest BCUT2D eigenvalue weighted by Crippen LogP contribution is 2.36. The lowest BCUT2D eigenvalue weighted by molar-refractivity contribution is 0.0349. The summed E-state index contributed by atoms with van der Waals surface area (Å²) in [6.07, 6.45) is 0.648. The number of carbonyl (C=O) groups excluding carboxylic acids is 1. The number of rotatable bonds is 7. The molecule has 0 saturated carbocycles. The first-order chi connectivity index (χ1) is 19.2. The predicted molar refractivity (Wildman–Crippen MR) is 156 cm³/mol. The molecule has 2 atom stereocenters. The molecule has 3 aromatic carbocycles. The van der Waals surface area contributed by atoms with Crippen LogP contribution in [0, 0.1) is 0 Å². The number of hydrogen-bond donors (Lipinski definition) is 3. The number of nitrogens with one attached hydrogen (secondary N) is 2. The highest BCUT2D eigenvalue weighted by molar-refractivity contribution is 6.03. The maximum atomic E-state index is 13.3. The van der Waals surface area contributed by atoms with Gasteiger partial charge in [-0.15, -0.1) is 0 Å². The zero-order chi connectivity index (χ0) is 28.4. The molecule has 5 rings (SSSR count). The van der Waals surface area contributed by atoms with Crippen molar-refractivity contribution in [1.82, 2.24) is 15.1 Å². The van der Waals surface area contributed by atoms with Gasteiger partial charge in [0.05, 0.1) is 29.2 Å². The SMILES string of the molecule is CCC(OCc1ccccc1)c1nn(C(=O)O)c2cccc(NC(=O)NC3CCc4cc(C(C)(C)C)ccc43)c12. The number of anilines is 1. The monoisotopic (exact) mass is 540 g/mol. The molecule has 1 aliphatic carbocycles. The molecular formula is C32H36N4O4. The van der Waals surface area contributed by atoms with Crippen LogP contribution in [0.3, 0.4) is 0 Å². The van der Waals surface area contributed by atoms with Crippen molar-refractivity contribution in [3.05, 3.63) is 94.7 Å². The third-order valence-electron chi connectivity index (χ3n) is 7.53. The Balaban J connectivity index is 1.40. The maximum Gasteiger partial charge on any atom is 0.432 e. The molecule has 1 aromatic heterocycles.